The molecule has 1 heterocycles. The molecule has 0 aromatic carbocycles. The fraction of sp³-hybridized carbons (Fsp3) is 0.400. The maximum Gasteiger partial charge on any atom is 0.308 e. The average molecular weight is 227 g/mol. The van der Waals surface area contributed by atoms with Gasteiger partial charge in [0.25, 0.3) is 5.91 Å². The summed E-state index contributed by atoms with van der Waals surface area (Å²) in [6.07, 6.45) is 0.513. The fourth-order valence-corrected chi connectivity index (χ4v) is 1.75. The molecule has 0 bridgehead atoms. The molecule has 15 heavy (non-hydrogen) atoms. The van der Waals surface area contributed by atoms with Crippen molar-refractivity contribution in [3.05, 3.63) is 22.4 Å². The first-order valence-electron chi connectivity index (χ1n) is 4.68. The number of amides is 1. The van der Waals surface area contributed by atoms with Gasteiger partial charge in [-0.2, -0.15) is 11.3 Å². The summed E-state index contributed by atoms with van der Waals surface area (Å²) in [4.78, 5) is 22.1. The quantitative estimate of drug-likeness (QED) is 0.802. The molecule has 0 saturated heterocycles. The van der Waals surface area contributed by atoms with Gasteiger partial charge in [0.1, 0.15) is 0 Å². The monoisotopic (exact) mass is 227 g/mol. The molecule has 0 spiro atoms. The third-order valence-corrected chi connectivity index (χ3v) is 2.82. The van der Waals surface area contributed by atoms with Crippen LogP contribution in [-0.2, 0) is 4.79 Å². The second kappa shape index (κ2) is 5.50. The summed E-state index contributed by atoms with van der Waals surface area (Å²) in [5.41, 5.74) is 0.584. The number of carbonyl (C=O) groups is 2. The summed E-state index contributed by atoms with van der Waals surface area (Å²) in [5, 5.41) is 14.9. The minimum absolute atomic E-state index is 0.181. The first kappa shape index (κ1) is 11.7. The summed E-state index contributed by atoms with van der Waals surface area (Å²) < 4.78 is 0. The van der Waals surface area contributed by atoms with Crippen LogP contribution in [0.15, 0.2) is 16.8 Å². The molecule has 0 aliphatic heterocycles. The molecule has 82 valence electrons. The molecule has 0 aliphatic rings. The van der Waals surface area contributed by atoms with Gasteiger partial charge >= 0.3 is 5.97 Å². The average Bonchev–Trinajstić information content (AvgIpc) is 2.70. The number of hydrogen-bond donors (Lipinski definition) is 2. The Morgan fingerprint density at radius 3 is 2.80 bits per heavy atom. The van der Waals surface area contributed by atoms with Gasteiger partial charge in [-0.05, 0) is 17.9 Å². The lowest BCUT2D eigenvalue weighted by Gasteiger charge is -2.10. The Kier molecular flexibility index (Phi) is 4.30. The van der Waals surface area contributed by atoms with Gasteiger partial charge in [-0.1, -0.05) is 6.92 Å². The van der Waals surface area contributed by atoms with E-state index in [1.165, 1.54) is 11.3 Å². The van der Waals surface area contributed by atoms with Crippen LogP contribution >= 0.6 is 11.3 Å². The summed E-state index contributed by atoms with van der Waals surface area (Å²) in [5.74, 6) is -1.59. The molecule has 1 amide bonds. The van der Waals surface area contributed by atoms with Crippen molar-refractivity contribution in [2.24, 2.45) is 5.92 Å². The highest BCUT2D eigenvalue weighted by Gasteiger charge is 2.16. The predicted octanol–water partition coefficient (Wildman–Crippen LogP) is 1.59. The summed E-state index contributed by atoms with van der Waals surface area (Å²) in [6.45, 7) is 1.97. The molecule has 1 aromatic heterocycles. The van der Waals surface area contributed by atoms with Crippen LogP contribution in [-0.4, -0.2) is 23.5 Å². The highest BCUT2D eigenvalue weighted by atomic mass is 32.1. The van der Waals surface area contributed by atoms with E-state index in [1.807, 2.05) is 5.38 Å². The number of carbonyl (C=O) groups excluding carboxylic acids is 1. The molecule has 4 nitrogen and oxygen atoms in total. The van der Waals surface area contributed by atoms with E-state index >= 15 is 0 Å². The minimum atomic E-state index is -0.872. The van der Waals surface area contributed by atoms with Crippen molar-refractivity contribution in [1.82, 2.24) is 5.32 Å². The molecular formula is C10H13NO3S. The van der Waals surface area contributed by atoms with Crippen LogP contribution in [0.3, 0.4) is 0 Å². The van der Waals surface area contributed by atoms with Gasteiger partial charge in [0.05, 0.1) is 5.92 Å². The van der Waals surface area contributed by atoms with Crippen molar-refractivity contribution in [3.63, 3.8) is 0 Å². The standard InChI is InChI=1S/C10H13NO3S/c1-2-7(10(13)14)5-11-9(12)8-3-4-15-6-8/h3-4,6-7H,2,5H2,1H3,(H,11,12)(H,13,14). The Morgan fingerprint density at radius 2 is 2.33 bits per heavy atom. The van der Waals surface area contributed by atoms with Gasteiger partial charge < -0.3 is 10.4 Å². The molecular weight excluding hydrogens is 214 g/mol. The van der Waals surface area contributed by atoms with Gasteiger partial charge in [-0.3, -0.25) is 9.59 Å². The number of thiophene rings is 1. The zero-order valence-corrected chi connectivity index (χ0v) is 9.21. The summed E-state index contributed by atoms with van der Waals surface area (Å²) in [6, 6.07) is 1.71. The van der Waals surface area contributed by atoms with Crippen LogP contribution in [0.1, 0.15) is 23.7 Å². The Balaban J connectivity index is 2.43. The zero-order valence-electron chi connectivity index (χ0n) is 8.40. The van der Waals surface area contributed by atoms with E-state index in [0.717, 1.165) is 0 Å². The highest BCUT2D eigenvalue weighted by Crippen LogP contribution is 2.06. The molecule has 0 saturated carbocycles. The van der Waals surface area contributed by atoms with Crippen LogP contribution in [0.5, 0.6) is 0 Å². The molecule has 0 radical (unpaired) electrons. The van der Waals surface area contributed by atoms with Crippen molar-refractivity contribution in [3.8, 4) is 0 Å². The maximum absolute atomic E-state index is 11.5. The van der Waals surface area contributed by atoms with Crippen LogP contribution < -0.4 is 5.32 Å². The molecule has 1 unspecified atom stereocenters. The number of rotatable bonds is 5. The van der Waals surface area contributed by atoms with Crippen LogP contribution in [0.25, 0.3) is 0 Å². The Morgan fingerprint density at radius 1 is 1.60 bits per heavy atom. The molecule has 1 rings (SSSR count). The summed E-state index contributed by atoms with van der Waals surface area (Å²) in [7, 11) is 0. The van der Waals surface area contributed by atoms with Crippen molar-refractivity contribution in [1.29, 1.82) is 0 Å². The molecule has 0 fully saturated rings. The third-order valence-electron chi connectivity index (χ3n) is 2.13. The first-order chi connectivity index (χ1) is 7.15. The van der Waals surface area contributed by atoms with Gasteiger partial charge in [-0.25, -0.2) is 0 Å². The Labute approximate surface area is 91.9 Å². The predicted molar refractivity (Wildman–Crippen MR) is 58.1 cm³/mol. The molecule has 1 aromatic rings. The third kappa shape index (κ3) is 3.36. The number of carboxylic acids is 1. The molecule has 1 atom stereocenters. The lowest BCUT2D eigenvalue weighted by atomic mass is 10.1. The van der Waals surface area contributed by atoms with Gasteiger partial charge in [0.15, 0.2) is 0 Å². The molecule has 5 heteroatoms. The van der Waals surface area contributed by atoms with E-state index in [9.17, 15) is 9.59 Å². The normalized spacial score (nSPS) is 12.1. The molecule has 0 aliphatic carbocycles. The van der Waals surface area contributed by atoms with Gasteiger partial charge in [0.2, 0.25) is 0 Å². The van der Waals surface area contributed by atoms with E-state index in [-0.39, 0.29) is 12.5 Å². The van der Waals surface area contributed by atoms with Crippen molar-refractivity contribution >= 4 is 23.2 Å². The van der Waals surface area contributed by atoms with Crippen LogP contribution in [0.4, 0.5) is 0 Å². The maximum atomic E-state index is 11.5. The van der Waals surface area contributed by atoms with E-state index < -0.39 is 11.9 Å². The number of carboxylic acid groups (broad SMARTS) is 1. The van der Waals surface area contributed by atoms with E-state index in [0.29, 0.717) is 12.0 Å². The van der Waals surface area contributed by atoms with Crippen molar-refractivity contribution in [2.75, 3.05) is 6.54 Å². The number of hydrogen-bond acceptors (Lipinski definition) is 3. The van der Waals surface area contributed by atoms with Crippen molar-refractivity contribution < 1.29 is 14.7 Å². The minimum Gasteiger partial charge on any atom is -0.481 e. The second-order valence-corrected chi connectivity index (χ2v) is 3.95. The number of nitrogens with one attached hydrogen (secondary N) is 1. The highest BCUT2D eigenvalue weighted by molar-refractivity contribution is 7.08. The van der Waals surface area contributed by atoms with E-state index in [4.69, 9.17) is 5.11 Å². The van der Waals surface area contributed by atoms with Crippen LogP contribution in [0.2, 0.25) is 0 Å². The van der Waals surface area contributed by atoms with Gasteiger partial charge in [0, 0.05) is 17.5 Å². The number of aliphatic carboxylic acids is 1. The Hall–Kier alpha value is -1.36. The van der Waals surface area contributed by atoms with E-state index in [1.54, 1.807) is 18.4 Å². The smallest absolute Gasteiger partial charge is 0.308 e. The van der Waals surface area contributed by atoms with Crippen LogP contribution in [0, 0.1) is 5.92 Å². The second-order valence-electron chi connectivity index (χ2n) is 3.17. The fourth-order valence-electron chi connectivity index (χ4n) is 1.12. The Bertz CT molecular complexity index is 334. The first-order valence-corrected chi connectivity index (χ1v) is 5.62. The topological polar surface area (TPSA) is 66.4 Å². The lowest BCUT2D eigenvalue weighted by molar-refractivity contribution is -0.141. The van der Waals surface area contributed by atoms with Gasteiger partial charge in [-0.15, -0.1) is 0 Å². The summed E-state index contributed by atoms with van der Waals surface area (Å²) >= 11 is 1.44. The SMILES string of the molecule is CCC(CNC(=O)c1ccsc1)C(=O)O. The van der Waals surface area contributed by atoms with Crippen molar-refractivity contribution in [2.45, 2.75) is 13.3 Å². The van der Waals surface area contributed by atoms with E-state index in [2.05, 4.69) is 5.32 Å². The zero-order chi connectivity index (χ0) is 11.3. The molecule has 2 N–H and O–H groups in total. The lowest BCUT2D eigenvalue weighted by Crippen LogP contribution is -2.32. The largest absolute Gasteiger partial charge is 0.481 e.